The highest BCUT2D eigenvalue weighted by molar-refractivity contribution is 5.69. The maximum Gasteiger partial charge on any atom is 0.407 e. The van der Waals surface area contributed by atoms with Crippen LogP contribution in [0.2, 0.25) is 0 Å². The number of alkyl carbamates (subject to hydrolysis) is 1. The molecule has 2 N–H and O–H groups in total. The third-order valence-corrected chi connectivity index (χ3v) is 2.92. The van der Waals surface area contributed by atoms with Crippen LogP contribution in [-0.4, -0.2) is 44.0 Å². The van der Waals surface area contributed by atoms with E-state index >= 15 is 0 Å². The van der Waals surface area contributed by atoms with Gasteiger partial charge in [0.05, 0.1) is 18.8 Å². The number of hydrogen-bond acceptors (Lipinski definition) is 4. The highest BCUT2D eigenvalue weighted by Gasteiger charge is 2.30. The first-order chi connectivity index (χ1) is 7.18. The van der Waals surface area contributed by atoms with Crippen molar-refractivity contribution in [3.8, 4) is 0 Å². The molecule has 5 nitrogen and oxygen atoms in total. The lowest BCUT2D eigenvalue weighted by Gasteiger charge is -2.34. The fraction of sp³-hybridized carbons (Fsp3) is 0.900. The Bertz CT molecular complexity index is 239. The van der Waals surface area contributed by atoms with Crippen molar-refractivity contribution in [1.29, 1.82) is 0 Å². The Hall–Kier alpha value is -0.810. The molecule has 0 spiro atoms. The number of amides is 1. The van der Waals surface area contributed by atoms with Gasteiger partial charge in [-0.1, -0.05) is 0 Å². The molecule has 0 aromatic rings. The summed E-state index contributed by atoms with van der Waals surface area (Å²) in [4.78, 5) is 10.8. The predicted octanol–water partition coefficient (Wildman–Crippen LogP) is 0.254. The van der Waals surface area contributed by atoms with Crippen LogP contribution < -0.4 is 10.6 Å². The number of carbonyl (C=O) groups excluding carboxylic acids is 1. The number of nitrogens with one attached hydrogen (secondary N) is 2. The molecule has 0 radical (unpaired) electrons. The van der Waals surface area contributed by atoms with Crippen molar-refractivity contribution >= 4 is 6.09 Å². The zero-order valence-electron chi connectivity index (χ0n) is 9.04. The average molecular weight is 214 g/mol. The molecular weight excluding hydrogens is 196 g/mol. The van der Waals surface area contributed by atoms with E-state index in [0.717, 1.165) is 25.9 Å². The minimum atomic E-state index is -0.337. The molecule has 15 heavy (non-hydrogen) atoms. The highest BCUT2D eigenvalue weighted by Crippen LogP contribution is 2.20. The van der Waals surface area contributed by atoms with E-state index in [0.29, 0.717) is 13.2 Å². The summed E-state index contributed by atoms with van der Waals surface area (Å²) in [5, 5.41) is 5.92. The van der Waals surface area contributed by atoms with Crippen LogP contribution in [0.5, 0.6) is 0 Å². The van der Waals surface area contributed by atoms with Crippen molar-refractivity contribution in [1.82, 2.24) is 10.6 Å². The van der Waals surface area contributed by atoms with Crippen LogP contribution in [0.4, 0.5) is 4.79 Å². The molecule has 0 saturated carbocycles. The van der Waals surface area contributed by atoms with Crippen LogP contribution >= 0.6 is 0 Å². The van der Waals surface area contributed by atoms with E-state index in [-0.39, 0.29) is 17.8 Å². The third kappa shape index (κ3) is 2.82. The standard InChI is InChI=1S/C10H18N2O3/c1-10(3-2-4-11-7-10)14-6-8-5-12-9(13)15-8/h8,11H,2-7H2,1H3,(H,12,13). The monoisotopic (exact) mass is 214 g/mol. The van der Waals surface area contributed by atoms with Crippen LogP contribution in [0.15, 0.2) is 0 Å². The first-order valence-electron chi connectivity index (χ1n) is 5.47. The van der Waals surface area contributed by atoms with Gasteiger partial charge in [0.25, 0.3) is 0 Å². The van der Waals surface area contributed by atoms with Crippen molar-refractivity contribution in [2.75, 3.05) is 26.2 Å². The quantitative estimate of drug-likeness (QED) is 0.707. The second-order valence-electron chi connectivity index (χ2n) is 4.45. The number of ether oxygens (including phenoxy) is 2. The van der Waals surface area contributed by atoms with E-state index in [1.807, 2.05) is 0 Å². The summed E-state index contributed by atoms with van der Waals surface area (Å²) in [6.07, 6.45) is 1.74. The van der Waals surface area contributed by atoms with Gasteiger partial charge >= 0.3 is 6.09 Å². The highest BCUT2D eigenvalue weighted by atomic mass is 16.6. The van der Waals surface area contributed by atoms with Crippen LogP contribution in [0.25, 0.3) is 0 Å². The molecule has 2 unspecified atom stereocenters. The Balaban J connectivity index is 1.74. The fourth-order valence-corrected chi connectivity index (χ4v) is 1.97. The Kier molecular flexibility index (Phi) is 3.11. The molecule has 2 aliphatic rings. The van der Waals surface area contributed by atoms with Gasteiger partial charge in [0, 0.05) is 6.54 Å². The molecule has 2 heterocycles. The largest absolute Gasteiger partial charge is 0.442 e. The normalized spacial score (nSPS) is 36.1. The molecule has 0 bridgehead atoms. The SMILES string of the molecule is CC1(OCC2CNC(=O)O2)CCCNC1. The molecule has 2 aliphatic heterocycles. The number of cyclic esters (lactones) is 1. The number of piperidine rings is 1. The fourth-order valence-electron chi connectivity index (χ4n) is 1.97. The lowest BCUT2D eigenvalue weighted by molar-refractivity contribution is -0.0737. The maximum absolute atomic E-state index is 10.8. The number of rotatable bonds is 3. The molecule has 2 saturated heterocycles. The van der Waals surface area contributed by atoms with Gasteiger partial charge in [-0.25, -0.2) is 4.79 Å². The summed E-state index contributed by atoms with van der Waals surface area (Å²) >= 11 is 0. The minimum Gasteiger partial charge on any atom is -0.442 e. The average Bonchev–Trinajstić information content (AvgIpc) is 2.63. The van der Waals surface area contributed by atoms with Crippen LogP contribution in [-0.2, 0) is 9.47 Å². The Morgan fingerprint density at radius 1 is 1.67 bits per heavy atom. The lowest BCUT2D eigenvalue weighted by atomic mass is 9.96. The van der Waals surface area contributed by atoms with Gasteiger partial charge in [0.15, 0.2) is 0 Å². The zero-order valence-corrected chi connectivity index (χ0v) is 9.04. The first kappa shape index (κ1) is 10.7. The van der Waals surface area contributed by atoms with Crippen LogP contribution in [0, 0.1) is 0 Å². The van der Waals surface area contributed by atoms with Gasteiger partial charge in [0.2, 0.25) is 0 Å². The zero-order chi connectivity index (χ0) is 10.7. The number of hydrogen-bond donors (Lipinski definition) is 2. The molecule has 2 rings (SSSR count). The van der Waals surface area contributed by atoms with Crippen molar-refractivity contribution in [2.45, 2.75) is 31.5 Å². The van der Waals surface area contributed by atoms with E-state index < -0.39 is 0 Å². The molecule has 0 aliphatic carbocycles. The third-order valence-electron chi connectivity index (χ3n) is 2.92. The lowest BCUT2D eigenvalue weighted by Crippen LogP contribution is -2.46. The van der Waals surface area contributed by atoms with Crippen molar-refractivity contribution in [3.63, 3.8) is 0 Å². The van der Waals surface area contributed by atoms with Gasteiger partial charge in [-0.2, -0.15) is 0 Å². The van der Waals surface area contributed by atoms with Gasteiger partial charge in [-0.3, -0.25) is 0 Å². The van der Waals surface area contributed by atoms with Crippen molar-refractivity contribution in [2.24, 2.45) is 0 Å². The summed E-state index contributed by atoms with van der Waals surface area (Å²) in [7, 11) is 0. The van der Waals surface area contributed by atoms with Gasteiger partial charge < -0.3 is 20.1 Å². The number of carbonyl (C=O) groups is 1. The topological polar surface area (TPSA) is 59.6 Å². The van der Waals surface area contributed by atoms with Gasteiger partial charge in [0.1, 0.15) is 6.10 Å². The minimum absolute atomic E-state index is 0.104. The maximum atomic E-state index is 10.8. The molecule has 2 fully saturated rings. The van der Waals surface area contributed by atoms with E-state index in [1.54, 1.807) is 0 Å². The molecule has 5 heteroatoms. The van der Waals surface area contributed by atoms with Gasteiger partial charge in [-0.05, 0) is 26.3 Å². The summed E-state index contributed by atoms with van der Waals surface area (Å²) in [5.41, 5.74) is -0.104. The first-order valence-corrected chi connectivity index (χ1v) is 5.47. The van der Waals surface area contributed by atoms with E-state index in [9.17, 15) is 4.79 Å². The van der Waals surface area contributed by atoms with E-state index in [2.05, 4.69) is 17.6 Å². The molecule has 0 aromatic carbocycles. The van der Waals surface area contributed by atoms with E-state index in [1.165, 1.54) is 0 Å². The summed E-state index contributed by atoms with van der Waals surface area (Å²) in [6, 6.07) is 0. The molecule has 1 amide bonds. The second kappa shape index (κ2) is 4.37. The van der Waals surface area contributed by atoms with Crippen molar-refractivity contribution < 1.29 is 14.3 Å². The summed E-state index contributed by atoms with van der Waals surface area (Å²) < 4.78 is 10.8. The summed E-state index contributed by atoms with van der Waals surface area (Å²) in [5.74, 6) is 0. The second-order valence-corrected chi connectivity index (χ2v) is 4.45. The Morgan fingerprint density at radius 3 is 3.13 bits per heavy atom. The smallest absolute Gasteiger partial charge is 0.407 e. The molecule has 86 valence electrons. The van der Waals surface area contributed by atoms with Crippen LogP contribution in [0.1, 0.15) is 19.8 Å². The van der Waals surface area contributed by atoms with E-state index in [4.69, 9.17) is 9.47 Å². The van der Waals surface area contributed by atoms with Crippen LogP contribution in [0.3, 0.4) is 0 Å². The summed E-state index contributed by atoms with van der Waals surface area (Å²) in [6.45, 7) is 5.09. The predicted molar refractivity (Wildman–Crippen MR) is 54.7 cm³/mol. The van der Waals surface area contributed by atoms with Crippen molar-refractivity contribution in [3.05, 3.63) is 0 Å². The Morgan fingerprint density at radius 2 is 2.53 bits per heavy atom. The molecular formula is C10H18N2O3. The Labute approximate surface area is 89.5 Å². The van der Waals surface area contributed by atoms with Gasteiger partial charge in [-0.15, -0.1) is 0 Å². The molecule has 2 atom stereocenters. The molecule has 0 aromatic heterocycles.